The third-order valence-electron chi connectivity index (χ3n) is 4.56. The first-order valence-corrected chi connectivity index (χ1v) is 9.93. The van der Waals surface area contributed by atoms with E-state index in [4.69, 9.17) is 4.98 Å². The minimum atomic E-state index is 0.227. The van der Waals surface area contributed by atoms with Gasteiger partial charge in [-0.2, -0.15) is 0 Å². The number of allylic oxidation sites excluding steroid dienone is 9. The fraction of sp³-hybridized carbons (Fsp3) is 0.154. The van der Waals surface area contributed by atoms with Crippen LogP contribution >= 0.6 is 0 Å². The van der Waals surface area contributed by atoms with Crippen molar-refractivity contribution in [3.8, 4) is 0 Å². The zero-order valence-corrected chi connectivity index (χ0v) is 16.9. The summed E-state index contributed by atoms with van der Waals surface area (Å²) in [4.78, 5) is 9.54. The van der Waals surface area contributed by atoms with Crippen LogP contribution in [0.25, 0.3) is 11.8 Å². The maximum atomic E-state index is 4.89. The van der Waals surface area contributed by atoms with E-state index < -0.39 is 0 Å². The van der Waals surface area contributed by atoms with E-state index in [0.717, 1.165) is 30.1 Å². The Balaban J connectivity index is 2.01. The normalized spacial score (nSPS) is 17.1. The molecule has 1 aliphatic rings. The van der Waals surface area contributed by atoms with Crippen molar-refractivity contribution >= 4 is 18.0 Å². The number of nitrogens with zero attached hydrogens (tertiary/aromatic N) is 3. The van der Waals surface area contributed by atoms with Crippen molar-refractivity contribution in [1.29, 1.82) is 0 Å². The smallest absolute Gasteiger partial charge is 0.159 e. The third kappa shape index (κ3) is 5.76. The average Bonchev–Trinajstić information content (AvgIpc) is 3.19. The number of imidazole rings is 1. The SMILES string of the molecule is C=C/C=N\C(=C/Cc1ccccc1)c1nc(/C=C\C=C/C)cn1C1C=CC=CC1. The first-order valence-electron chi connectivity index (χ1n) is 9.93. The first kappa shape index (κ1) is 20.3. The lowest BCUT2D eigenvalue weighted by Gasteiger charge is -2.17. The Morgan fingerprint density at radius 3 is 2.83 bits per heavy atom. The van der Waals surface area contributed by atoms with Crippen molar-refractivity contribution in [2.24, 2.45) is 4.99 Å². The van der Waals surface area contributed by atoms with Crippen LogP contribution in [0.4, 0.5) is 0 Å². The molecule has 0 saturated carbocycles. The van der Waals surface area contributed by atoms with Crippen LogP contribution < -0.4 is 0 Å². The van der Waals surface area contributed by atoms with Crippen LogP contribution in [0.15, 0.2) is 103 Å². The van der Waals surface area contributed by atoms with Crippen LogP contribution in [0.3, 0.4) is 0 Å². The van der Waals surface area contributed by atoms with Crippen molar-refractivity contribution in [3.63, 3.8) is 0 Å². The van der Waals surface area contributed by atoms with Gasteiger partial charge < -0.3 is 4.57 Å². The van der Waals surface area contributed by atoms with Gasteiger partial charge in [0.05, 0.1) is 11.7 Å². The Morgan fingerprint density at radius 1 is 1.24 bits per heavy atom. The van der Waals surface area contributed by atoms with Crippen LogP contribution in [-0.4, -0.2) is 15.8 Å². The van der Waals surface area contributed by atoms with Gasteiger partial charge in [-0.1, -0.05) is 91.6 Å². The predicted molar refractivity (Wildman–Crippen MR) is 125 cm³/mol. The van der Waals surface area contributed by atoms with E-state index >= 15 is 0 Å². The van der Waals surface area contributed by atoms with Gasteiger partial charge in [-0.3, -0.25) is 4.99 Å². The molecule has 0 spiro atoms. The molecule has 0 bridgehead atoms. The first-order chi connectivity index (χ1) is 14.3. The molecular formula is C26H27N3. The Labute approximate surface area is 173 Å². The summed E-state index contributed by atoms with van der Waals surface area (Å²) in [5.41, 5.74) is 3.01. The minimum absolute atomic E-state index is 0.227. The van der Waals surface area contributed by atoms with Gasteiger partial charge in [0, 0.05) is 12.4 Å². The van der Waals surface area contributed by atoms with E-state index in [-0.39, 0.29) is 6.04 Å². The molecule has 1 unspecified atom stereocenters. The molecule has 1 aromatic carbocycles. The molecule has 2 aromatic rings. The van der Waals surface area contributed by atoms with E-state index in [0.29, 0.717) is 0 Å². The number of aliphatic imine (C=N–C) groups is 1. The average molecular weight is 382 g/mol. The lowest BCUT2D eigenvalue weighted by atomic mass is 10.1. The topological polar surface area (TPSA) is 30.2 Å². The second kappa shape index (κ2) is 10.8. The number of aromatic nitrogens is 2. The molecule has 0 amide bonds. The summed E-state index contributed by atoms with van der Waals surface area (Å²) in [7, 11) is 0. The molecule has 3 rings (SSSR count). The number of benzene rings is 1. The van der Waals surface area contributed by atoms with Gasteiger partial charge in [-0.25, -0.2) is 4.98 Å². The van der Waals surface area contributed by atoms with E-state index in [9.17, 15) is 0 Å². The van der Waals surface area contributed by atoms with Crippen LogP contribution in [0.5, 0.6) is 0 Å². The minimum Gasteiger partial charge on any atom is -0.322 e. The van der Waals surface area contributed by atoms with E-state index in [1.807, 2.05) is 37.3 Å². The fourth-order valence-corrected chi connectivity index (χ4v) is 3.14. The van der Waals surface area contributed by atoms with E-state index in [1.165, 1.54) is 5.56 Å². The summed E-state index contributed by atoms with van der Waals surface area (Å²) >= 11 is 0. The third-order valence-corrected chi connectivity index (χ3v) is 4.56. The summed E-state index contributed by atoms with van der Waals surface area (Å²) in [6, 6.07) is 10.6. The molecule has 3 heteroatoms. The summed E-state index contributed by atoms with van der Waals surface area (Å²) in [6.07, 6.45) is 26.0. The van der Waals surface area contributed by atoms with Gasteiger partial charge in [-0.05, 0) is 31.4 Å². The highest BCUT2D eigenvalue weighted by Gasteiger charge is 2.17. The number of rotatable bonds is 8. The number of hydrogen-bond acceptors (Lipinski definition) is 2. The van der Waals surface area contributed by atoms with Crippen molar-refractivity contribution < 1.29 is 0 Å². The fourth-order valence-electron chi connectivity index (χ4n) is 3.14. The second-order valence-electron chi connectivity index (χ2n) is 6.69. The Hall–Kier alpha value is -3.46. The summed E-state index contributed by atoms with van der Waals surface area (Å²) in [5.74, 6) is 0.865. The molecule has 1 atom stereocenters. The van der Waals surface area contributed by atoms with Crippen molar-refractivity contribution in [1.82, 2.24) is 9.55 Å². The molecular weight excluding hydrogens is 354 g/mol. The van der Waals surface area contributed by atoms with Crippen LogP contribution in [-0.2, 0) is 6.42 Å². The van der Waals surface area contributed by atoms with Gasteiger partial charge in [0.1, 0.15) is 5.70 Å². The highest BCUT2D eigenvalue weighted by molar-refractivity contribution is 5.78. The maximum Gasteiger partial charge on any atom is 0.159 e. The summed E-state index contributed by atoms with van der Waals surface area (Å²) in [6.45, 7) is 5.77. The van der Waals surface area contributed by atoms with Gasteiger partial charge in [0.2, 0.25) is 0 Å². The van der Waals surface area contributed by atoms with E-state index in [1.54, 1.807) is 12.3 Å². The van der Waals surface area contributed by atoms with Crippen molar-refractivity contribution in [2.75, 3.05) is 0 Å². The van der Waals surface area contributed by atoms with E-state index in [2.05, 4.69) is 77.0 Å². The Morgan fingerprint density at radius 2 is 2.10 bits per heavy atom. The van der Waals surface area contributed by atoms with Gasteiger partial charge >= 0.3 is 0 Å². The highest BCUT2D eigenvalue weighted by Crippen LogP contribution is 2.26. The standard InChI is InChI=1S/C26H27N3/c1-3-5-8-15-23-21-29(24-16-11-7-12-17-24)26(28-23)25(27-20-4-2)19-18-22-13-9-6-10-14-22/h3-16,19-21,24H,2,17-18H2,1H3/b5-3-,15-8-,25-19-,27-20-. The Kier molecular flexibility index (Phi) is 7.53. The predicted octanol–water partition coefficient (Wildman–Crippen LogP) is 6.37. The molecule has 0 aliphatic heterocycles. The quantitative estimate of drug-likeness (QED) is 0.386. The lowest BCUT2D eigenvalue weighted by molar-refractivity contribution is 0.599. The number of hydrogen-bond donors (Lipinski definition) is 0. The van der Waals surface area contributed by atoms with Crippen molar-refractivity contribution in [3.05, 3.63) is 115 Å². The molecule has 146 valence electrons. The largest absolute Gasteiger partial charge is 0.322 e. The highest BCUT2D eigenvalue weighted by atomic mass is 15.1. The van der Waals surface area contributed by atoms with Crippen LogP contribution in [0.1, 0.15) is 36.5 Å². The monoisotopic (exact) mass is 381 g/mol. The van der Waals surface area contributed by atoms with Crippen LogP contribution in [0.2, 0.25) is 0 Å². The van der Waals surface area contributed by atoms with Crippen molar-refractivity contribution in [2.45, 2.75) is 25.8 Å². The molecule has 29 heavy (non-hydrogen) atoms. The Bertz CT molecular complexity index is 982. The molecule has 0 radical (unpaired) electrons. The summed E-state index contributed by atoms with van der Waals surface area (Å²) in [5, 5.41) is 0. The van der Waals surface area contributed by atoms with Gasteiger partial charge in [0.15, 0.2) is 5.82 Å². The summed E-state index contributed by atoms with van der Waals surface area (Å²) < 4.78 is 2.21. The molecule has 1 aliphatic carbocycles. The molecule has 0 N–H and O–H groups in total. The zero-order chi connectivity index (χ0) is 20.3. The van der Waals surface area contributed by atoms with Gasteiger partial charge in [-0.15, -0.1) is 0 Å². The van der Waals surface area contributed by atoms with Crippen LogP contribution in [0, 0.1) is 0 Å². The maximum absolute atomic E-state index is 4.89. The molecule has 0 saturated heterocycles. The molecule has 0 fully saturated rings. The second-order valence-corrected chi connectivity index (χ2v) is 6.69. The molecule has 1 aromatic heterocycles. The lowest BCUT2D eigenvalue weighted by Crippen LogP contribution is -2.09. The zero-order valence-electron chi connectivity index (χ0n) is 16.9. The molecule has 1 heterocycles. The molecule has 3 nitrogen and oxygen atoms in total. The van der Waals surface area contributed by atoms with Gasteiger partial charge in [0.25, 0.3) is 0 Å².